The standard InChI is InChI=1S/C48H38F8N8O2/c1-3-5-7-15-25-61-31(27-57-63(29-17-11-9-12-18-29)41-37(49)45(53)59-46(54)38(41)50)21-23-33(61)35-43(65)36(44(35)66)34-24-22-32(62(34)26-16-8-6-4-2)28-58-64(30-19-13-10-14-20-30)42-39(51)47(55)60-48(56)40(42)52/h3-4,9-14,17-24,27-28H,1-2,5-8,15-16,25-26H2/p+1. The van der Waals surface area contributed by atoms with Gasteiger partial charge < -0.3 is 9.67 Å². The highest BCUT2D eigenvalue weighted by Gasteiger charge is 2.43. The Balaban J connectivity index is 1.30. The van der Waals surface area contributed by atoms with Crippen LogP contribution in [0, 0.1) is 47.1 Å². The van der Waals surface area contributed by atoms with Crippen LogP contribution in [0.3, 0.4) is 0 Å². The number of benzene rings is 2. The molecule has 1 aliphatic carbocycles. The minimum absolute atomic E-state index is 0.0406. The molecule has 1 aliphatic heterocycles. The summed E-state index contributed by atoms with van der Waals surface area (Å²) in [7, 11) is 0. The molecule has 0 spiro atoms. The summed E-state index contributed by atoms with van der Waals surface area (Å²) in [5.74, 6) is -15.6. The number of hydrogen-bond donors (Lipinski definition) is 1. The van der Waals surface area contributed by atoms with Gasteiger partial charge in [0.05, 0.1) is 34.6 Å². The molecule has 66 heavy (non-hydrogen) atoms. The predicted octanol–water partition coefficient (Wildman–Crippen LogP) is 11.2. The first kappa shape index (κ1) is 46.2. The summed E-state index contributed by atoms with van der Waals surface area (Å²) in [5, 5.41) is 21.6. The Morgan fingerprint density at radius 2 is 1.14 bits per heavy atom. The minimum Gasteiger partial charge on any atom is -0.506 e. The van der Waals surface area contributed by atoms with Crippen LogP contribution in [0.15, 0.2) is 137 Å². The van der Waals surface area contributed by atoms with Crippen molar-refractivity contribution < 1.29 is 49.6 Å². The van der Waals surface area contributed by atoms with Crippen LogP contribution in [0.25, 0.3) is 5.57 Å². The number of ketones is 1. The normalized spacial score (nSPS) is 14.9. The molecule has 4 heterocycles. The number of aromatic nitrogens is 3. The van der Waals surface area contributed by atoms with Gasteiger partial charge in [-0.15, -0.1) is 13.2 Å². The molecule has 7 rings (SSSR count). The van der Waals surface area contributed by atoms with Gasteiger partial charge in [-0.2, -0.15) is 59.9 Å². The van der Waals surface area contributed by atoms with E-state index in [0.717, 1.165) is 0 Å². The van der Waals surface area contributed by atoms with Gasteiger partial charge in [-0.3, -0.25) is 4.79 Å². The highest BCUT2D eigenvalue weighted by atomic mass is 19.2. The van der Waals surface area contributed by atoms with E-state index < -0.39 is 64.2 Å². The molecule has 1 N–H and O–H groups in total. The highest BCUT2D eigenvalue weighted by molar-refractivity contribution is 6.39. The maximum absolute atomic E-state index is 15.1. The fourth-order valence-electron chi connectivity index (χ4n) is 7.33. The summed E-state index contributed by atoms with van der Waals surface area (Å²) in [4.78, 5) is 19.6. The molecule has 0 amide bonds. The Morgan fingerprint density at radius 3 is 1.64 bits per heavy atom. The first-order valence-electron chi connectivity index (χ1n) is 20.5. The number of hydrazone groups is 2. The van der Waals surface area contributed by atoms with Gasteiger partial charge in [-0.25, -0.2) is 10.0 Å². The Labute approximate surface area is 373 Å². The van der Waals surface area contributed by atoms with E-state index >= 15 is 17.6 Å². The number of unbranched alkanes of at least 4 members (excludes halogenated alkanes) is 4. The average Bonchev–Trinajstić information content (AvgIpc) is 3.90. The number of pyridine rings is 2. The molecule has 2 aromatic carbocycles. The lowest BCUT2D eigenvalue weighted by atomic mass is 9.84. The number of anilines is 4. The highest BCUT2D eigenvalue weighted by Crippen LogP contribution is 2.41. The summed E-state index contributed by atoms with van der Waals surface area (Å²) >= 11 is 0. The zero-order chi connectivity index (χ0) is 47.1. The van der Waals surface area contributed by atoms with Crippen LogP contribution in [-0.4, -0.2) is 54.7 Å². The van der Waals surface area contributed by atoms with Crippen molar-refractivity contribution in [2.75, 3.05) is 16.6 Å². The lowest BCUT2D eigenvalue weighted by molar-refractivity contribution is -0.467. The lowest BCUT2D eigenvalue weighted by Gasteiger charge is -2.23. The van der Waals surface area contributed by atoms with E-state index in [4.69, 9.17) is 0 Å². The van der Waals surface area contributed by atoms with Gasteiger partial charge >= 0.3 is 0 Å². The van der Waals surface area contributed by atoms with E-state index in [-0.39, 0.29) is 64.2 Å². The monoisotopic (exact) mass is 911 g/mol. The van der Waals surface area contributed by atoms with Crippen LogP contribution in [0.1, 0.15) is 49.9 Å². The molecular formula is C48H39F8N8O2+. The largest absolute Gasteiger partial charge is 0.506 e. The third kappa shape index (κ3) is 9.25. The number of rotatable bonds is 19. The van der Waals surface area contributed by atoms with Gasteiger partial charge in [0.1, 0.15) is 35.5 Å². The molecule has 0 bridgehead atoms. The van der Waals surface area contributed by atoms with Crippen molar-refractivity contribution in [2.24, 2.45) is 10.2 Å². The molecular weight excluding hydrogens is 873 g/mol. The first-order valence-corrected chi connectivity index (χ1v) is 20.5. The maximum atomic E-state index is 15.1. The summed E-state index contributed by atoms with van der Waals surface area (Å²) < 4.78 is 121. The molecule has 0 saturated carbocycles. The van der Waals surface area contributed by atoms with E-state index in [9.17, 15) is 27.5 Å². The summed E-state index contributed by atoms with van der Waals surface area (Å²) in [5.41, 5.74) is -1.28. The van der Waals surface area contributed by atoms with Crippen LogP contribution >= 0.6 is 0 Å². The molecule has 0 fully saturated rings. The number of para-hydroxylation sites is 2. The van der Waals surface area contributed by atoms with E-state index in [0.29, 0.717) is 48.5 Å². The SMILES string of the molecule is C=CCCCCn1c(/C=N/N(c2ccccc2)c2c(F)c(F)nc(F)c2F)ccc1C1=C(O)/C(=C2/C=CC(/C=N/N(c3ccccc3)c3c(F)c(F)nc(F)c3F)=[N+]2CCCCC=C)C1=O. The van der Waals surface area contributed by atoms with Gasteiger partial charge in [-0.05, 0) is 68.5 Å². The number of hydrogen-bond acceptors (Lipinski definition) is 8. The Morgan fingerprint density at radius 1 is 0.636 bits per heavy atom. The number of nitrogens with zero attached hydrogens (tertiary/aromatic N) is 8. The summed E-state index contributed by atoms with van der Waals surface area (Å²) in [6.07, 6.45) is 12.7. The third-order valence-electron chi connectivity index (χ3n) is 10.5. The molecule has 338 valence electrons. The average molecular weight is 912 g/mol. The van der Waals surface area contributed by atoms with Gasteiger partial charge in [0, 0.05) is 25.1 Å². The molecule has 5 aromatic rings. The second-order valence-electron chi connectivity index (χ2n) is 14.7. The number of Topliss-reactive ketones (excluding diaryl/α,β-unsaturated/α-hetero) is 1. The number of carbonyl (C=O) groups excluding carboxylic acids is 1. The second kappa shape index (κ2) is 20.4. The Hall–Kier alpha value is -7.76. The maximum Gasteiger partial charge on any atom is 0.254 e. The van der Waals surface area contributed by atoms with Crippen molar-refractivity contribution in [2.45, 2.75) is 45.1 Å². The molecule has 0 atom stereocenters. The molecule has 0 radical (unpaired) electrons. The van der Waals surface area contributed by atoms with E-state index in [1.807, 2.05) is 0 Å². The minimum atomic E-state index is -1.88. The molecule has 18 heteroatoms. The van der Waals surface area contributed by atoms with E-state index in [2.05, 4.69) is 33.3 Å². The van der Waals surface area contributed by atoms with Gasteiger partial charge in [0.15, 0.2) is 0 Å². The van der Waals surface area contributed by atoms with Gasteiger partial charge in [0.25, 0.3) is 23.8 Å². The van der Waals surface area contributed by atoms with Crippen molar-refractivity contribution >= 4 is 52.2 Å². The smallest absolute Gasteiger partial charge is 0.254 e. The van der Waals surface area contributed by atoms with Crippen molar-refractivity contribution in [1.82, 2.24) is 14.5 Å². The third-order valence-corrected chi connectivity index (χ3v) is 10.5. The molecule has 0 unspecified atom stereocenters. The van der Waals surface area contributed by atoms with Crippen LogP contribution in [0.5, 0.6) is 0 Å². The Bertz CT molecular complexity index is 2840. The van der Waals surface area contributed by atoms with Crippen molar-refractivity contribution in [3.8, 4) is 0 Å². The van der Waals surface area contributed by atoms with Crippen LogP contribution in [0.4, 0.5) is 57.9 Å². The zero-order valence-electron chi connectivity index (χ0n) is 34.9. The number of carbonyl (C=O) groups is 1. The molecule has 10 nitrogen and oxygen atoms in total. The summed E-state index contributed by atoms with van der Waals surface area (Å²) in [6.45, 7) is 8.02. The first-order chi connectivity index (χ1) is 31.9. The number of allylic oxidation sites excluding steroid dienone is 6. The van der Waals surface area contributed by atoms with Crippen LogP contribution in [-0.2, 0) is 11.3 Å². The number of aliphatic hydroxyl groups excluding tert-OH is 1. The lowest BCUT2D eigenvalue weighted by Crippen LogP contribution is -2.28. The van der Waals surface area contributed by atoms with Crippen molar-refractivity contribution in [3.05, 3.63) is 186 Å². The fraction of sp³-hybridized carbons (Fsp3) is 0.167. The van der Waals surface area contributed by atoms with Gasteiger partial charge in [0.2, 0.25) is 40.5 Å². The Kier molecular flexibility index (Phi) is 14.3. The predicted molar refractivity (Wildman–Crippen MR) is 235 cm³/mol. The van der Waals surface area contributed by atoms with Crippen LogP contribution < -0.4 is 10.0 Å². The topological polar surface area (TPSA) is 102 Å². The summed E-state index contributed by atoms with van der Waals surface area (Å²) in [6, 6.07) is 18.1. The molecule has 2 aliphatic rings. The number of halogens is 8. The fourth-order valence-corrected chi connectivity index (χ4v) is 7.33. The second-order valence-corrected chi connectivity index (χ2v) is 14.7. The van der Waals surface area contributed by atoms with Gasteiger partial charge in [-0.1, -0.05) is 48.6 Å². The zero-order valence-corrected chi connectivity index (χ0v) is 34.9. The molecule has 3 aromatic heterocycles. The number of aliphatic hydroxyl groups is 1. The van der Waals surface area contributed by atoms with Crippen molar-refractivity contribution in [1.29, 1.82) is 0 Å². The quantitative estimate of drug-likeness (QED) is 0.0129. The van der Waals surface area contributed by atoms with Crippen LogP contribution in [0.2, 0.25) is 0 Å². The van der Waals surface area contributed by atoms with E-state index in [1.165, 1.54) is 61.0 Å². The van der Waals surface area contributed by atoms with Crippen molar-refractivity contribution in [3.63, 3.8) is 0 Å². The molecule has 0 saturated heterocycles. The van der Waals surface area contributed by atoms with E-state index in [1.54, 1.807) is 57.7 Å².